The van der Waals surface area contributed by atoms with E-state index in [2.05, 4.69) is 14.1 Å². The van der Waals surface area contributed by atoms with E-state index in [0.29, 0.717) is 11.1 Å². The van der Waals surface area contributed by atoms with Crippen LogP contribution in [0.4, 0.5) is 0 Å². The summed E-state index contributed by atoms with van der Waals surface area (Å²) in [5, 5.41) is 8.55. The minimum Gasteiger partial charge on any atom is -0.726 e. The van der Waals surface area contributed by atoms with Crippen molar-refractivity contribution < 1.29 is 145 Å². The fraction of sp³-hybridized carbons (Fsp3) is 0. The van der Waals surface area contributed by atoms with Gasteiger partial charge in [0.25, 0.3) is 0 Å². The van der Waals surface area contributed by atoms with Crippen molar-refractivity contribution in [3.05, 3.63) is 71.8 Å². The summed E-state index contributed by atoms with van der Waals surface area (Å²) in [6.07, 6.45) is 0. The van der Waals surface area contributed by atoms with Crippen molar-refractivity contribution >= 4 is 22.3 Å². The van der Waals surface area contributed by atoms with E-state index in [1.165, 1.54) is 0 Å². The normalized spacial score (nSPS) is 9.31. The SMILES string of the molecule is O=C(OOC(=O)c1ccccc1)c1ccccc1.O=S(=O)([O-])O[O-].[K+].[K+]. The molecular weight excluding hydrogens is 422 g/mol. The number of hydrogen-bond donors (Lipinski definition) is 0. The average molecular weight is 432 g/mol. The van der Waals surface area contributed by atoms with Crippen LogP contribution in [-0.2, 0) is 24.5 Å². The number of hydrogen-bond acceptors (Lipinski definition) is 9. The fourth-order valence-corrected chi connectivity index (χ4v) is 1.32. The van der Waals surface area contributed by atoms with Crippen molar-refractivity contribution in [3.63, 3.8) is 0 Å². The van der Waals surface area contributed by atoms with Crippen molar-refractivity contribution in [1.82, 2.24) is 0 Å². The van der Waals surface area contributed by atoms with Crippen molar-refractivity contribution in [2.75, 3.05) is 0 Å². The molecule has 0 spiro atoms. The molecule has 0 amide bonds. The molecule has 0 aliphatic rings. The summed E-state index contributed by atoms with van der Waals surface area (Å²) in [6.45, 7) is 0. The van der Waals surface area contributed by atoms with E-state index in [4.69, 9.17) is 18.2 Å². The third-order valence-electron chi connectivity index (χ3n) is 2.30. The Kier molecular flexibility index (Phi) is 17.0. The molecule has 2 aromatic rings. The van der Waals surface area contributed by atoms with Crippen LogP contribution < -0.4 is 108 Å². The standard InChI is InChI=1S/C14H10O4.2K.H2O5S/c15-13(11-7-3-1-4-8-11)17-18-14(16)12-9-5-2-6-10-12;;;1-5-6(2,3)4/h1-10H;;;1H,(H,2,3,4)/q;2*+1;/p-2. The first kappa shape index (κ1) is 28.7. The topological polar surface area (TPSA) is 142 Å². The Balaban J connectivity index is 0. The van der Waals surface area contributed by atoms with Crippen LogP contribution in [0.25, 0.3) is 0 Å². The van der Waals surface area contributed by atoms with E-state index in [1.54, 1.807) is 60.7 Å². The maximum absolute atomic E-state index is 11.5. The summed E-state index contributed by atoms with van der Waals surface area (Å²) in [5.74, 6) is -1.42. The van der Waals surface area contributed by atoms with Crippen LogP contribution in [0, 0.1) is 0 Å². The first-order chi connectivity index (χ1) is 11.3. The van der Waals surface area contributed by atoms with E-state index in [9.17, 15) is 9.59 Å². The minimum absolute atomic E-state index is 0. The molecule has 0 bridgehead atoms. The van der Waals surface area contributed by atoms with Gasteiger partial charge >= 0.3 is 115 Å². The number of rotatable bonds is 3. The molecule has 0 atom stereocenters. The van der Waals surface area contributed by atoms with Gasteiger partial charge in [-0.05, 0) is 24.3 Å². The van der Waals surface area contributed by atoms with E-state index in [-0.39, 0.29) is 103 Å². The average Bonchev–Trinajstić information content (AvgIpc) is 2.60. The predicted molar refractivity (Wildman–Crippen MR) is 74.5 cm³/mol. The molecule has 9 nitrogen and oxygen atoms in total. The molecule has 0 aliphatic carbocycles. The van der Waals surface area contributed by atoms with E-state index >= 15 is 0 Å². The fourth-order valence-electron chi connectivity index (χ4n) is 1.32. The largest absolute Gasteiger partial charge is 1.00 e. The van der Waals surface area contributed by atoms with Crippen LogP contribution in [-0.4, -0.2) is 24.9 Å². The summed E-state index contributed by atoms with van der Waals surface area (Å²) >= 11 is 0. The van der Waals surface area contributed by atoms with Crippen LogP contribution in [0.2, 0.25) is 0 Å². The number of benzene rings is 2. The van der Waals surface area contributed by atoms with Gasteiger partial charge in [0.05, 0.1) is 11.1 Å². The summed E-state index contributed by atoms with van der Waals surface area (Å²) in [7, 11) is -4.97. The Labute approximate surface area is 234 Å². The van der Waals surface area contributed by atoms with Crippen molar-refractivity contribution in [1.29, 1.82) is 0 Å². The Morgan fingerprint density at radius 3 is 1.23 bits per heavy atom. The van der Waals surface area contributed by atoms with Gasteiger partial charge in [-0.2, -0.15) is 0 Å². The molecule has 0 N–H and O–H groups in total. The second-order valence-electron chi connectivity index (χ2n) is 3.95. The molecule has 0 saturated carbocycles. The smallest absolute Gasteiger partial charge is 0.726 e. The summed E-state index contributed by atoms with van der Waals surface area (Å²) in [6, 6.07) is 16.6. The van der Waals surface area contributed by atoms with Crippen LogP contribution >= 0.6 is 0 Å². The number of carbonyl (C=O) groups excluding carboxylic acids is 2. The van der Waals surface area contributed by atoms with Crippen LogP contribution in [0.15, 0.2) is 60.7 Å². The minimum atomic E-state index is -4.97. The quantitative estimate of drug-likeness (QED) is 0.152. The molecule has 26 heavy (non-hydrogen) atoms. The monoisotopic (exact) mass is 432 g/mol. The van der Waals surface area contributed by atoms with Crippen LogP contribution in [0.3, 0.4) is 0 Å². The zero-order valence-electron chi connectivity index (χ0n) is 13.9. The van der Waals surface area contributed by atoms with Gasteiger partial charge < -0.3 is 14.1 Å². The van der Waals surface area contributed by atoms with Crippen LogP contribution in [0.5, 0.6) is 0 Å². The van der Waals surface area contributed by atoms with Gasteiger partial charge in [0.2, 0.25) is 10.4 Å². The predicted octanol–water partition coefficient (Wildman–Crippen LogP) is -5.64. The Hall–Kier alpha value is 0.483. The molecule has 0 aromatic heterocycles. The van der Waals surface area contributed by atoms with Gasteiger partial charge in [-0.15, -0.1) is 0 Å². The number of carbonyl (C=O) groups is 2. The molecule has 0 unspecified atom stereocenters. The molecule has 2 rings (SSSR count). The molecule has 0 heterocycles. The third kappa shape index (κ3) is 12.8. The maximum atomic E-state index is 11.5. The summed E-state index contributed by atoms with van der Waals surface area (Å²) in [4.78, 5) is 31.9. The maximum Gasteiger partial charge on any atom is 1.00 e. The molecule has 2 aromatic carbocycles. The molecular formula is C14H10K2O9S. The zero-order chi connectivity index (χ0) is 18.0. The van der Waals surface area contributed by atoms with Gasteiger partial charge in [0, 0.05) is 0 Å². The van der Waals surface area contributed by atoms with Crippen LogP contribution in [0.1, 0.15) is 20.7 Å². The first-order valence-corrected chi connectivity index (χ1v) is 7.47. The zero-order valence-corrected chi connectivity index (χ0v) is 20.9. The van der Waals surface area contributed by atoms with E-state index in [0.717, 1.165) is 0 Å². The molecule has 0 aliphatic heterocycles. The van der Waals surface area contributed by atoms with E-state index in [1.807, 2.05) is 0 Å². The third-order valence-corrected chi connectivity index (χ3v) is 2.46. The van der Waals surface area contributed by atoms with Crippen molar-refractivity contribution in [2.24, 2.45) is 0 Å². The van der Waals surface area contributed by atoms with Crippen molar-refractivity contribution in [3.8, 4) is 0 Å². The van der Waals surface area contributed by atoms with Gasteiger partial charge in [-0.3, -0.25) is 0 Å². The summed E-state index contributed by atoms with van der Waals surface area (Å²) in [5.41, 5.74) is 0.636. The van der Waals surface area contributed by atoms with E-state index < -0.39 is 22.3 Å². The van der Waals surface area contributed by atoms with Gasteiger partial charge in [0.15, 0.2) is 0 Å². The molecule has 12 heteroatoms. The molecule has 0 radical (unpaired) electrons. The van der Waals surface area contributed by atoms with Crippen molar-refractivity contribution in [2.45, 2.75) is 0 Å². The Morgan fingerprint density at radius 2 is 1.00 bits per heavy atom. The van der Waals surface area contributed by atoms with Gasteiger partial charge in [-0.25, -0.2) is 27.8 Å². The summed E-state index contributed by atoms with van der Waals surface area (Å²) < 4.78 is 28.8. The molecule has 128 valence electrons. The Bertz CT molecular complexity index is 716. The van der Waals surface area contributed by atoms with Gasteiger partial charge in [0.1, 0.15) is 0 Å². The second kappa shape index (κ2) is 15.4. The molecule has 0 saturated heterocycles. The Morgan fingerprint density at radius 1 is 0.731 bits per heavy atom. The first-order valence-electron chi connectivity index (χ1n) is 6.14. The second-order valence-corrected chi connectivity index (χ2v) is 4.90. The van der Waals surface area contributed by atoms with Gasteiger partial charge in [-0.1, -0.05) is 36.4 Å². The molecule has 0 fully saturated rings.